The molecule has 3 nitrogen and oxygen atoms in total. The van der Waals surface area contributed by atoms with E-state index in [0.717, 1.165) is 13.1 Å². The molecule has 1 rings (SSSR count). The number of hydrogen-bond donors (Lipinski definition) is 1. The first kappa shape index (κ1) is 17.7. The van der Waals surface area contributed by atoms with Crippen molar-refractivity contribution in [2.45, 2.75) is 65.5 Å². The largest absolute Gasteiger partial charge is 0.478 e. The van der Waals surface area contributed by atoms with Gasteiger partial charge in [-0.25, -0.2) is 4.79 Å². The van der Waals surface area contributed by atoms with Crippen molar-refractivity contribution >= 4 is 5.97 Å². The first-order chi connectivity index (χ1) is 10.1. The van der Waals surface area contributed by atoms with E-state index in [9.17, 15) is 4.79 Å². The first-order valence-corrected chi connectivity index (χ1v) is 8.14. The van der Waals surface area contributed by atoms with Gasteiger partial charge in [-0.2, -0.15) is 0 Å². The fourth-order valence-corrected chi connectivity index (χ4v) is 2.61. The summed E-state index contributed by atoms with van der Waals surface area (Å²) in [7, 11) is 0. The molecule has 1 unspecified atom stereocenters. The van der Waals surface area contributed by atoms with E-state index in [-0.39, 0.29) is 0 Å². The molecule has 0 heterocycles. The lowest BCUT2D eigenvalue weighted by atomic mass is 10.1. The maximum atomic E-state index is 10.9. The summed E-state index contributed by atoms with van der Waals surface area (Å²) in [6.07, 6.45) is 6.15. The minimum Gasteiger partial charge on any atom is -0.478 e. The normalized spacial score (nSPS) is 12.6. The summed E-state index contributed by atoms with van der Waals surface area (Å²) < 4.78 is 0. The number of hydrogen-bond acceptors (Lipinski definition) is 2. The zero-order valence-electron chi connectivity index (χ0n) is 13.6. The highest BCUT2D eigenvalue weighted by Gasteiger charge is 2.13. The van der Waals surface area contributed by atoms with E-state index in [4.69, 9.17) is 5.11 Å². The van der Waals surface area contributed by atoms with E-state index in [0.29, 0.717) is 11.6 Å². The Kier molecular flexibility index (Phi) is 8.06. The van der Waals surface area contributed by atoms with Crippen LogP contribution in [0.3, 0.4) is 0 Å². The van der Waals surface area contributed by atoms with Gasteiger partial charge in [-0.1, -0.05) is 45.2 Å². The lowest BCUT2D eigenvalue weighted by Crippen LogP contribution is -2.33. The van der Waals surface area contributed by atoms with Gasteiger partial charge in [-0.3, -0.25) is 4.90 Å². The average Bonchev–Trinajstić information content (AvgIpc) is 2.47. The molecule has 0 spiro atoms. The van der Waals surface area contributed by atoms with Crippen molar-refractivity contribution in [3.05, 3.63) is 35.4 Å². The summed E-state index contributed by atoms with van der Waals surface area (Å²) >= 11 is 0. The van der Waals surface area contributed by atoms with Crippen LogP contribution in [0.25, 0.3) is 0 Å². The molecule has 3 heteroatoms. The number of aromatic carboxylic acids is 1. The summed E-state index contributed by atoms with van der Waals surface area (Å²) in [5.74, 6) is -0.860. The molecule has 0 radical (unpaired) electrons. The van der Waals surface area contributed by atoms with Crippen molar-refractivity contribution in [2.24, 2.45) is 0 Å². The molecule has 0 aliphatic carbocycles. The van der Waals surface area contributed by atoms with Gasteiger partial charge in [0.25, 0.3) is 0 Å². The molecule has 0 aliphatic rings. The van der Waals surface area contributed by atoms with Crippen molar-refractivity contribution in [3.8, 4) is 0 Å². The highest BCUT2D eigenvalue weighted by atomic mass is 16.4. The molecule has 1 N–H and O–H groups in total. The molecule has 0 aliphatic heterocycles. The molecule has 118 valence electrons. The molecule has 0 bridgehead atoms. The van der Waals surface area contributed by atoms with E-state index in [1.807, 2.05) is 12.1 Å². The number of carboxylic acids is 1. The van der Waals surface area contributed by atoms with Crippen LogP contribution in [0.5, 0.6) is 0 Å². The maximum Gasteiger partial charge on any atom is 0.335 e. The standard InChI is InChI=1S/C18H29NO2/c1-4-6-7-13-19(15(3)8-5-2)14-16-9-11-17(12-10-16)18(20)21/h9-12,15H,4-8,13-14H2,1-3H3,(H,20,21). The highest BCUT2D eigenvalue weighted by molar-refractivity contribution is 5.87. The van der Waals surface area contributed by atoms with E-state index < -0.39 is 5.97 Å². The second-order valence-electron chi connectivity index (χ2n) is 5.82. The zero-order chi connectivity index (χ0) is 15.7. The number of carboxylic acid groups (broad SMARTS) is 1. The Morgan fingerprint density at radius 3 is 2.33 bits per heavy atom. The lowest BCUT2D eigenvalue weighted by Gasteiger charge is -2.29. The van der Waals surface area contributed by atoms with Gasteiger partial charge in [0.2, 0.25) is 0 Å². The van der Waals surface area contributed by atoms with Crippen LogP contribution >= 0.6 is 0 Å². The summed E-state index contributed by atoms with van der Waals surface area (Å²) in [5.41, 5.74) is 1.55. The van der Waals surface area contributed by atoms with Crippen LogP contribution in [0.4, 0.5) is 0 Å². The minimum atomic E-state index is -0.860. The smallest absolute Gasteiger partial charge is 0.335 e. The zero-order valence-corrected chi connectivity index (χ0v) is 13.6. The Bertz CT molecular complexity index is 414. The van der Waals surface area contributed by atoms with Crippen LogP contribution < -0.4 is 0 Å². The predicted molar refractivity (Wildman–Crippen MR) is 87.7 cm³/mol. The van der Waals surface area contributed by atoms with Gasteiger partial charge in [0.05, 0.1) is 5.56 Å². The van der Waals surface area contributed by atoms with Crippen LogP contribution in [0.2, 0.25) is 0 Å². The number of unbranched alkanes of at least 4 members (excludes halogenated alkanes) is 2. The van der Waals surface area contributed by atoms with Crippen LogP contribution in [-0.2, 0) is 6.54 Å². The number of nitrogens with zero attached hydrogens (tertiary/aromatic N) is 1. The van der Waals surface area contributed by atoms with Gasteiger partial charge < -0.3 is 5.11 Å². The predicted octanol–water partition coefficient (Wildman–Crippen LogP) is 4.57. The maximum absolute atomic E-state index is 10.9. The minimum absolute atomic E-state index is 0.359. The molecule has 0 amide bonds. The van der Waals surface area contributed by atoms with E-state index in [1.165, 1.54) is 37.7 Å². The Hall–Kier alpha value is -1.35. The second-order valence-corrected chi connectivity index (χ2v) is 5.82. The van der Waals surface area contributed by atoms with E-state index >= 15 is 0 Å². The van der Waals surface area contributed by atoms with Gasteiger partial charge in [-0.05, 0) is 44.0 Å². The topological polar surface area (TPSA) is 40.5 Å². The van der Waals surface area contributed by atoms with Crippen LogP contribution in [0.1, 0.15) is 68.8 Å². The van der Waals surface area contributed by atoms with E-state index in [2.05, 4.69) is 25.7 Å². The third kappa shape index (κ3) is 6.30. The van der Waals surface area contributed by atoms with Gasteiger partial charge >= 0.3 is 5.97 Å². The SMILES string of the molecule is CCCCCN(Cc1ccc(C(=O)O)cc1)C(C)CCC. The quantitative estimate of drug-likeness (QED) is 0.642. The van der Waals surface area contributed by atoms with Gasteiger partial charge in [-0.15, -0.1) is 0 Å². The van der Waals surface area contributed by atoms with Crippen molar-refractivity contribution in [1.29, 1.82) is 0 Å². The van der Waals surface area contributed by atoms with Crippen molar-refractivity contribution in [3.63, 3.8) is 0 Å². The number of carbonyl (C=O) groups is 1. The van der Waals surface area contributed by atoms with Crippen LogP contribution in [0, 0.1) is 0 Å². The van der Waals surface area contributed by atoms with Gasteiger partial charge in [0.15, 0.2) is 0 Å². The third-order valence-electron chi connectivity index (χ3n) is 3.97. The summed E-state index contributed by atoms with van der Waals surface area (Å²) in [5, 5.41) is 8.95. The molecule has 0 saturated heterocycles. The Morgan fingerprint density at radius 1 is 1.14 bits per heavy atom. The van der Waals surface area contributed by atoms with Gasteiger partial charge in [0.1, 0.15) is 0 Å². The fraction of sp³-hybridized carbons (Fsp3) is 0.611. The molecule has 1 aromatic carbocycles. The Labute approximate surface area is 129 Å². The summed E-state index contributed by atoms with van der Waals surface area (Å²) in [6.45, 7) is 8.77. The van der Waals surface area contributed by atoms with E-state index in [1.54, 1.807) is 12.1 Å². The average molecular weight is 291 g/mol. The van der Waals surface area contributed by atoms with Crippen molar-refractivity contribution in [2.75, 3.05) is 6.54 Å². The number of benzene rings is 1. The second kappa shape index (κ2) is 9.56. The lowest BCUT2D eigenvalue weighted by molar-refractivity contribution is 0.0697. The van der Waals surface area contributed by atoms with Crippen molar-refractivity contribution in [1.82, 2.24) is 4.90 Å². The van der Waals surface area contributed by atoms with Crippen LogP contribution in [0.15, 0.2) is 24.3 Å². The monoisotopic (exact) mass is 291 g/mol. The molecular weight excluding hydrogens is 262 g/mol. The molecule has 0 aromatic heterocycles. The number of rotatable bonds is 10. The molecule has 0 saturated carbocycles. The highest BCUT2D eigenvalue weighted by Crippen LogP contribution is 2.14. The molecule has 1 aromatic rings. The summed E-state index contributed by atoms with van der Waals surface area (Å²) in [6, 6.07) is 7.86. The molecule has 21 heavy (non-hydrogen) atoms. The van der Waals surface area contributed by atoms with Crippen molar-refractivity contribution < 1.29 is 9.90 Å². The first-order valence-electron chi connectivity index (χ1n) is 8.14. The van der Waals surface area contributed by atoms with Gasteiger partial charge in [0, 0.05) is 12.6 Å². The fourth-order valence-electron chi connectivity index (χ4n) is 2.61. The Morgan fingerprint density at radius 2 is 1.81 bits per heavy atom. The summed E-state index contributed by atoms with van der Waals surface area (Å²) in [4.78, 5) is 13.4. The molecule has 1 atom stereocenters. The van der Waals surface area contributed by atoms with Crippen LogP contribution in [-0.4, -0.2) is 28.6 Å². The third-order valence-corrected chi connectivity index (χ3v) is 3.97. The molecule has 0 fully saturated rings. The Balaban J connectivity index is 2.67. The molecular formula is C18H29NO2.